The number of aryl methyl sites for hydroxylation is 2. The van der Waals surface area contributed by atoms with Crippen molar-refractivity contribution in [3.63, 3.8) is 0 Å². The van der Waals surface area contributed by atoms with Crippen LogP contribution >= 0.6 is 7.14 Å². The van der Waals surface area contributed by atoms with Crippen LogP contribution in [-0.2, 0) is 4.57 Å². The summed E-state index contributed by atoms with van der Waals surface area (Å²) in [6.07, 6.45) is 3.89. The minimum atomic E-state index is -3.63. The third-order valence-electron chi connectivity index (χ3n) is 5.63. The molecule has 0 fully saturated rings. The summed E-state index contributed by atoms with van der Waals surface area (Å²) in [5.74, 6) is 0.451. The summed E-state index contributed by atoms with van der Waals surface area (Å²) in [4.78, 5) is 14.1. The van der Waals surface area contributed by atoms with Crippen molar-refractivity contribution in [3.05, 3.63) is 131 Å². The van der Waals surface area contributed by atoms with Gasteiger partial charge in [-0.2, -0.15) is 0 Å². The first-order valence-electron chi connectivity index (χ1n) is 11.2. The lowest BCUT2D eigenvalue weighted by molar-refractivity contribution is 0.107. The fourth-order valence-electron chi connectivity index (χ4n) is 4.02. The molecule has 4 heteroatoms. The zero-order valence-corrected chi connectivity index (χ0v) is 20.2. The van der Waals surface area contributed by atoms with Crippen molar-refractivity contribution in [2.45, 2.75) is 13.8 Å². The molecule has 0 unspecified atom stereocenters. The van der Waals surface area contributed by atoms with E-state index < -0.39 is 12.7 Å². The predicted octanol–water partition coefficient (Wildman–Crippen LogP) is 6.55. The highest BCUT2D eigenvalue weighted by Gasteiger charge is 2.38. The van der Waals surface area contributed by atoms with Crippen molar-refractivity contribution in [1.82, 2.24) is 0 Å². The molecule has 0 atom stereocenters. The van der Waals surface area contributed by atoms with Gasteiger partial charge in [-0.05, 0) is 42.7 Å². The first-order valence-corrected chi connectivity index (χ1v) is 12.9. The van der Waals surface area contributed by atoms with Gasteiger partial charge < -0.3 is 9.30 Å². The minimum Gasteiger partial charge on any atom is -0.489 e. The van der Waals surface area contributed by atoms with E-state index in [0.717, 1.165) is 16.7 Å². The Morgan fingerprint density at radius 2 is 1.32 bits per heavy atom. The molecule has 0 aliphatic carbocycles. The Kier molecular flexibility index (Phi) is 7.25. The van der Waals surface area contributed by atoms with Crippen molar-refractivity contribution in [2.75, 3.05) is 6.61 Å². The van der Waals surface area contributed by atoms with E-state index in [-0.39, 0.29) is 0 Å². The SMILES string of the molecule is Cc1cc(C)c(C(=O)P(=O)(c2ccccc2)c2ccccc2)c(OCC=Cc2ccccc2)c1. The molecule has 170 valence electrons. The second-order valence-electron chi connectivity index (χ2n) is 8.16. The minimum absolute atomic E-state index is 0.291. The molecule has 0 heterocycles. The third-order valence-corrected chi connectivity index (χ3v) is 8.47. The number of hydrogen-bond acceptors (Lipinski definition) is 3. The Labute approximate surface area is 201 Å². The summed E-state index contributed by atoms with van der Waals surface area (Å²) in [5, 5.41) is 1.03. The number of rotatable bonds is 8. The lowest BCUT2D eigenvalue weighted by Crippen LogP contribution is -2.23. The summed E-state index contributed by atoms with van der Waals surface area (Å²) in [7, 11) is -3.63. The molecule has 34 heavy (non-hydrogen) atoms. The standard InChI is InChI=1S/C30H27O3P/c1-23-21-24(2)29(28(22-23)33-20-12-15-25-13-6-3-7-14-25)30(31)34(32,26-16-8-4-9-17-26)27-18-10-5-11-19-27/h3-19,21-22H,20H2,1-2H3. The number of benzene rings is 4. The highest BCUT2D eigenvalue weighted by atomic mass is 31.2. The topological polar surface area (TPSA) is 43.4 Å². The number of carbonyl (C=O) groups is 1. The molecule has 0 aliphatic rings. The first-order chi connectivity index (χ1) is 16.5. The van der Waals surface area contributed by atoms with Gasteiger partial charge in [-0.25, -0.2) is 0 Å². The van der Waals surface area contributed by atoms with Gasteiger partial charge in [0.15, 0.2) is 0 Å². The van der Waals surface area contributed by atoms with Crippen LogP contribution < -0.4 is 15.3 Å². The van der Waals surface area contributed by atoms with Crippen LogP contribution in [0.3, 0.4) is 0 Å². The molecule has 0 saturated heterocycles. The average molecular weight is 467 g/mol. The van der Waals surface area contributed by atoms with Crippen molar-refractivity contribution in [1.29, 1.82) is 0 Å². The molecule has 4 aromatic rings. The van der Waals surface area contributed by atoms with Gasteiger partial charge >= 0.3 is 0 Å². The van der Waals surface area contributed by atoms with E-state index in [0.29, 0.717) is 28.5 Å². The molecular formula is C30H27O3P. The predicted molar refractivity (Wildman–Crippen MR) is 141 cm³/mol. The van der Waals surface area contributed by atoms with Crippen LogP contribution in [0.2, 0.25) is 0 Å². The molecule has 0 N–H and O–H groups in total. The number of hydrogen-bond donors (Lipinski definition) is 0. The molecular weight excluding hydrogens is 439 g/mol. The maximum atomic E-state index is 14.6. The maximum absolute atomic E-state index is 14.6. The molecule has 0 spiro atoms. The van der Waals surface area contributed by atoms with E-state index in [4.69, 9.17) is 4.74 Å². The van der Waals surface area contributed by atoms with Crippen molar-refractivity contribution in [3.8, 4) is 5.75 Å². The summed E-state index contributed by atoms with van der Waals surface area (Å²) >= 11 is 0. The highest BCUT2D eigenvalue weighted by molar-refractivity contribution is 7.93. The third kappa shape index (κ3) is 4.95. The quantitative estimate of drug-likeness (QED) is 0.277. The van der Waals surface area contributed by atoms with Gasteiger partial charge in [-0.3, -0.25) is 4.79 Å². The van der Waals surface area contributed by atoms with Crippen molar-refractivity contribution >= 4 is 29.4 Å². The zero-order valence-electron chi connectivity index (χ0n) is 19.3. The van der Waals surface area contributed by atoms with E-state index in [1.165, 1.54) is 0 Å². The summed E-state index contributed by atoms with van der Waals surface area (Å²) < 4.78 is 20.7. The maximum Gasteiger partial charge on any atom is 0.234 e. The zero-order chi connectivity index (χ0) is 24.0. The van der Waals surface area contributed by atoms with Crippen LogP contribution in [-0.4, -0.2) is 12.1 Å². The largest absolute Gasteiger partial charge is 0.489 e. The van der Waals surface area contributed by atoms with Gasteiger partial charge in [0.05, 0.1) is 5.56 Å². The molecule has 4 rings (SSSR count). The van der Waals surface area contributed by atoms with E-state index in [2.05, 4.69) is 0 Å². The second-order valence-corrected chi connectivity index (χ2v) is 10.8. The lowest BCUT2D eigenvalue weighted by atomic mass is 10.1. The summed E-state index contributed by atoms with van der Waals surface area (Å²) in [5.41, 5.74) is 2.75. The fourth-order valence-corrected chi connectivity index (χ4v) is 6.57. The van der Waals surface area contributed by atoms with Crippen molar-refractivity contribution in [2.24, 2.45) is 0 Å². The van der Waals surface area contributed by atoms with Crippen LogP contribution in [0.4, 0.5) is 0 Å². The number of carbonyl (C=O) groups excluding carboxylic acids is 1. The highest BCUT2D eigenvalue weighted by Crippen LogP contribution is 2.49. The molecule has 0 aromatic heterocycles. The van der Waals surface area contributed by atoms with Crippen molar-refractivity contribution < 1.29 is 14.1 Å². The molecule has 4 aromatic carbocycles. The van der Waals surface area contributed by atoms with Gasteiger partial charge in [0.25, 0.3) is 0 Å². The first kappa shape index (κ1) is 23.5. The molecule has 0 aliphatic heterocycles. The van der Waals surface area contributed by atoms with Gasteiger partial charge in [-0.15, -0.1) is 0 Å². The average Bonchev–Trinajstić information content (AvgIpc) is 2.87. The van der Waals surface area contributed by atoms with Crippen LogP contribution in [0.15, 0.2) is 109 Å². The second kappa shape index (κ2) is 10.5. The van der Waals surface area contributed by atoms with Gasteiger partial charge in [0.2, 0.25) is 12.7 Å². The van der Waals surface area contributed by atoms with Gasteiger partial charge in [0, 0.05) is 10.6 Å². The van der Waals surface area contributed by atoms with Crippen LogP contribution in [0.25, 0.3) is 6.08 Å². The molecule has 0 amide bonds. The Bertz CT molecular complexity index is 1300. The van der Waals surface area contributed by atoms with Gasteiger partial charge in [-0.1, -0.05) is 103 Å². The molecule has 0 saturated carbocycles. The Hall–Kier alpha value is -3.68. The Balaban J connectivity index is 1.74. The Morgan fingerprint density at radius 1 is 0.794 bits per heavy atom. The fraction of sp³-hybridized carbons (Fsp3) is 0.100. The normalized spacial score (nSPS) is 11.5. The van der Waals surface area contributed by atoms with Crippen LogP contribution in [0.5, 0.6) is 5.75 Å². The molecule has 3 nitrogen and oxygen atoms in total. The van der Waals surface area contributed by atoms with E-state index in [9.17, 15) is 9.36 Å². The van der Waals surface area contributed by atoms with E-state index in [1.807, 2.05) is 105 Å². The lowest BCUT2D eigenvalue weighted by Gasteiger charge is -2.21. The van der Waals surface area contributed by atoms with E-state index in [1.54, 1.807) is 24.3 Å². The molecule has 0 radical (unpaired) electrons. The Morgan fingerprint density at radius 3 is 1.88 bits per heavy atom. The monoisotopic (exact) mass is 466 g/mol. The molecule has 0 bridgehead atoms. The van der Waals surface area contributed by atoms with Crippen LogP contribution in [0.1, 0.15) is 27.0 Å². The van der Waals surface area contributed by atoms with Gasteiger partial charge in [0.1, 0.15) is 12.4 Å². The number of ether oxygens (including phenoxy) is 1. The van der Waals surface area contributed by atoms with Crippen LogP contribution in [0, 0.1) is 13.8 Å². The smallest absolute Gasteiger partial charge is 0.234 e. The summed E-state index contributed by atoms with van der Waals surface area (Å²) in [6.45, 7) is 4.12. The van der Waals surface area contributed by atoms with E-state index >= 15 is 0 Å². The summed E-state index contributed by atoms with van der Waals surface area (Å²) in [6, 6.07) is 31.7.